The molecule has 0 spiro atoms. The first-order valence-corrected chi connectivity index (χ1v) is 11.4. The standard InChI is InChI=1S/C25H29N3O4/c1-15-9-12-19-16(2)23(30)32-22(19)24(3)21(29)13-20(25(15,24)31)28-14-18(26-27-28)11-10-17-7-5-4-6-8-17/h4-8,14-15,19-20,22,31H,2,9-13H2,1,3H3/t15-,19-,20-,22+,24-,25-/m0/s1. The van der Waals surface area contributed by atoms with E-state index >= 15 is 0 Å². The van der Waals surface area contributed by atoms with Gasteiger partial charge in [-0.2, -0.15) is 0 Å². The van der Waals surface area contributed by atoms with Crippen LogP contribution in [0.4, 0.5) is 0 Å². The molecule has 1 N–H and O–H groups in total. The highest BCUT2D eigenvalue weighted by molar-refractivity contribution is 5.95. The van der Waals surface area contributed by atoms with Crippen LogP contribution in [0.15, 0.2) is 48.7 Å². The molecule has 2 aromatic rings. The van der Waals surface area contributed by atoms with Crippen LogP contribution in [0.5, 0.6) is 0 Å². The van der Waals surface area contributed by atoms with Gasteiger partial charge in [0.25, 0.3) is 0 Å². The van der Waals surface area contributed by atoms with E-state index in [-0.39, 0.29) is 24.0 Å². The highest BCUT2D eigenvalue weighted by atomic mass is 16.6. The Morgan fingerprint density at radius 2 is 1.97 bits per heavy atom. The minimum atomic E-state index is -1.40. The molecule has 7 nitrogen and oxygen atoms in total. The van der Waals surface area contributed by atoms with Crippen molar-refractivity contribution >= 4 is 11.8 Å². The molecule has 32 heavy (non-hydrogen) atoms. The lowest BCUT2D eigenvalue weighted by molar-refractivity contribution is -0.178. The smallest absolute Gasteiger partial charge is 0.334 e. The number of benzene rings is 1. The Morgan fingerprint density at radius 3 is 2.72 bits per heavy atom. The monoisotopic (exact) mass is 435 g/mol. The summed E-state index contributed by atoms with van der Waals surface area (Å²) in [6.45, 7) is 7.64. The van der Waals surface area contributed by atoms with Gasteiger partial charge in [0.1, 0.15) is 17.5 Å². The lowest BCUT2D eigenvalue weighted by atomic mass is 9.64. The fraction of sp³-hybridized carbons (Fsp3) is 0.520. The van der Waals surface area contributed by atoms with Crippen LogP contribution in [0.1, 0.15) is 50.4 Å². The van der Waals surface area contributed by atoms with Gasteiger partial charge in [0.2, 0.25) is 0 Å². The van der Waals surface area contributed by atoms with Gasteiger partial charge in [0, 0.05) is 24.1 Å². The van der Waals surface area contributed by atoms with Gasteiger partial charge in [-0.05, 0) is 44.1 Å². The van der Waals surface area contributed by atoms with E-state index in [0.29, 0.717) is 18.4 Å². The third kappa shape index (κ3) is 2.83. The Bertz CT molecular complexity index is 1080. The molecule has 1 aromatic heterocycles. The minimum Gasteiger partial charge on any atom is -0.457 e. The van der Waals surface area contributed by atoms with Gasteiger partial charge in [0.15, 0.2) is 0 Å². The molecule has 168 valence electrons. The van der Waals surface area contributed by atoms with Crippen molar-refractivity contribution in [2.45, 2.75) is 63.7 Å². The van der Waals surface area contributed by atoms with Gasteiger partial charge in [-0.15, -0.1) is 5.10 Å². The summed E-state index contributed by atoms with van der Waals surface area (Å²) in [5.41, 5.74) is -0.176. The van der Waals surface area contributed by atoms with E-state index in [4.69, 9.17) is 4.74 Å². The van der Waals surface area contributed by atoms with Gasteiger partial charge in [-0.3, -0.25) is 4.79 Å². The largest absolute Gasteiger partial charge is 0.457 e. The number of hydrogen-bond donors (Lipinski definition) is 1. The van der Waals surface area contributed by atoms with Crippen LogP contribution in [0, 0.1) is 17.3 Å². The van der Waals surface area contributed by atoms with Gasteiger partial charge < -0.3 is 9.84 Å². The quantitative estimate of drug-likeness (QED) is 0.586. The van der Waals surface area contributed by atoms with Crippen molar-refractivity contribution in [3.05, 3.63) is 59.9 Å². The number of fused-ring (bicyclic) bond motifs is 3. The molecule has 6 atom stereocenters. The minimum absolute atomic E-state index is 0.0995. The topological polar surface area (TPSA) is 94.3 Å². The summed E-state index contributed by atoms with van der Waals surface area (Å²) < 4.78 is 7.33. The van der Waals surface area contributed by atoms with Crippen molar-refractivity contribution < 1.29 is 19.4 Å². The molecular weight excluding hydrogens is 406 g/mol. The third-order valence-electron chi connectivity index (χ3n) is 8.23. The highest BCUT2D eigenvalue weighted by Gasteiger charge is 2.72. The van der Waals surface area contributed by atoms with Crippen LogP contribution >= 0.6 is 0 Å². The number of hydrogen-bond acceptors (Lipinski definition) is 6. The van der Waals surface area contributed by atoms with Crippen molar-refractivity contribution in [2.75, 3.05) is 0 Å². The number of nitrogens with zero attached hydrogens (tertiary/aromatic N) is 3. The molecular formula is C25H29N3O4. The normalized spacial score (nSPS) is 36.5. The van der Waals surface area contributed by atoms with E-state index in [1.807, 2.05) is 31.3 Å². The van der Waals surface area contributed by atoms with E-state index in [1.54, 1.807) is 11.6 Å². The molecule has 2 saturated carbocycles. The van der Waals surface area contributed by atoms with E-state index in [1.165, 1.54) is 5.56 Å². The number of esters is 1. The summed E-state index contributed by atoms with van der Waals surface area (Å²) in [5.74, 6) is -0.988. The molecule has 2 heterocycles. The van der Waals surface area contributed by atoms with Crippen molar-refractivity contribution in [1.82, 2.24) is 15.0 Å². The van der Waals surface area contributed by atoms with Crippen molar-refractivity contribution in [2.24, 2.45) is 17.3 Å². The third-order valence-corrected chi connectivity index (χ3v) is 8.23. The molecule has 2 aliphatic carbocycles. The zero-order chi connectivity index (χ0) is 22.7. The lowest BCUT2D eigenvalue weighted by Gasteiger charge is -2.46. The second kappa shape index (κ2) is 7.37. The first kappa shape index (κ1) is 21.1. The summed E-state index contributed by atoms with van der Waals surface area (Å²) in [6, 6.07) is 9.61. The molecule has 1 aliphatic heterocycles. The molecule has 0 unspecified atom stereocenters. The van der Waals surface area contributed by atoms with E-state index in [0.717, 1.165) is 18.5 Å². The second-order valence-electron chi connectivity index (χ2n) is 9.78. The Labute approximate surface area is 187 Å². The Kier molecular flexibility index (Phi) is 4.85. The summed E-state index contributed by atoms with van der Waals surface area (Å²) in [6.07, 6.45) is 4.17. The lowest BCUT2D eigenvalue weighted by Crippen LogP contribution is -2.59. The SMILES string of the molecule is C=C1C(=O)O[C@@H]2[C@H]1CC[C@H](C)[C@]1(O)[C@@H](n3cc(CCc4ccccc4)nn3)CC(=O)[C@@]21C. The first-order chi connectivity index (χ1) is 15.3. The van der Waals surface area contributed by atoms with Crippen LogP contribution in [0.2, 0.25) is 0 Å². The second-order valence-corrected chi connectivity index (χ2v) is 9.78. The van der Waals surface area contributed by atoms with Gasteiger partial charge >= 0.3 is 5.97 Å². The average molecular weight is 436 g/mol. The number of aromatic nitrogens is 3. The highest BCUT2D eigenvalue weighted by Crippen LogP contribution is 2.61. The van der Waals surface area contributed by atoms with Crippen LogP contribution in [-0.2, 0) is 27.2 Å². The maximum atomic E-state index is 13.4. The molecule has 3 fully saturated rings. The van der Waals surface area contributed by atoms with E-state index in [9.17, 15) is 14.7 Å². The van der Waals surface area contributed by atoms with Gasteiger partial charge in [-0.25, -0.2) is 9.48 Å². The number of carbonyl (C=O) groups excluding carboxylic acids is 2. The van der Waals surface area contributed by atoms with Crippen LogP contribution in [0.25, 0.3) is 0 Å². The fourth-order valence-electron chi connectivity index (χ4n) is 6.23. The Balaban J connectivity index is 1.46. The Morgan fingerprint density at radius 1 is 1.22 bits per heavy atom. The fourth-order valence-corrected chi connectivity index (χ4v) is 6.23. The summed E-state index contributed by atoms with van der Waals surface area (Å²) in [5, 5.41) is 20.9. The molecule has 0 amide bonds. The molecule has 0 radical (unpaired) electrons. The summed E-state index contributed by atoms with van der Waals surface area (Å²) in [4.78, 5) is 25.7. The maximum absolute atomic E-state index is 13.4. The van der Waals surface area contributed by atoms with Gasteiger partial charge in [0.05, 0.1) is 17.2 Å². The summed E-state index contributed by atoms with van der Waals surface area (Å²) in [7, 11) is 0. The average Bonchev–Trinajstić information content (AvgIpc) is 3.41. The predicted octanol–water partition coefficient (Wildman–Crippen LogP) is 2.84. The number of carbonyl (C=O) groups is 2. The zero-order valence-corrected chi connectivity index (χ0v) is 18.5. The molecule has 7 heteroatoms. The number of aryl methyl sites for hydroxylation is 2. The first-order valence-electron chi connectivity index (χ1n) is 11.4. The number of rotatable bonds is 4. The number of Topliss-reactive ketones (excluding diaryl/α,β-unsaturated/α-hetero) is 1. The molecule has 1 aromatic carbocycles. The molecule has 5 rings (SSSR count). The Hall–Kier alpha value is -2.80. The maximum Gasteiger partial charge on any atom is 0.334 e. The van der Waals surface area contributed by atoms with E-state index < -0.39 is 29.1 Å². The number of ketones is 1. The van der Waals surface area contributed by atoms with Crippen molar-refractivity contribution in [3.8, 4) is 0 Å². The predicted molar refractivity (Wildman–Crippen MR) is 116 cm³/mol. The van der Waals surface area contributed by atoms with E-state index in [2.05, 4.69) is 29.0 Å². The molecule has 3 aliphatic rings. The molecule has 0 bridgehead atoms. The number of ether oxygens (including phenoxy) is 1. The summed E-state index contributed by atoms with van der Waals surface area (Å²) >= 11 is 0. The van der Waals surface area contributed by atoms with Crippen LogP contribution in [0.3, 0.4) is 0 Å². The van der Waals surface area contributed by atoms with Crippen LogP contribution < -0.4 is 0 Å². The van der Waals surface area contributed by atoms with Gasteiger partial charge in [-0.1, -0.05) is 49.0 Å². The van der Waals surface area contributed by atoms with Crippen molar-refractivity contribution in [3.63, 3.8) is 0 Å². The molecule has 1 saturated heterocycles. The number of aliphatic hydroxyl groups is 1. The van der Waals surface area contributed by atoms with Crippen LogP contribution in [-0.4, -0.2) is 43.6 Å². The zero-order valence-electron chi connectivity index (χ0n) is 18.5. The van der Waals surface area contributed by atoms with Crippen molar-refractivity contribution in [1.29, 1.82) is 0 Å².